The Hall–Kier alpha value is -1.52. The fourth-order valence-electron chi connectivity index (χ4n) is 0.994. The van der Waals surface area contributed by atoms with Crippen LogP contribution in [0, 0.1) is 6.92 Å². The van der Waals surface area contributed by atoms with Crippen molar-refractivity contribution in [3.63, 3.8) is 0 Å². The molecule has 0 saturated heterocycles. The van der Waals surface area contributed by atoms with Gasteiger partial charge in [-0.2, -0.15) is 0 Å². The van der Waals surface area contributed by atoms with Gasteiger partial charge in [0, 0.05) is 0 Å². The fourth-order valence-corrected chi connectivity index (χ4v) is 0.994. The van der Waals surface area contributed by atoms with Crippen LogP contribution in [0.15, 0.2) is 48.7 Å². The van der Waals surface area contributed by atoms with Crippen LogP contribution in [0.4, 0.5) is 0 Å². The van der Waals surface area contributed by atoms with E-state index in [4.69, 9.17) is 0 Å². The summed E-state index contributed by atoms with van der Waals surface area (Å²) < 4.78 is 0. The van der Waals surface area contributed by atoms with Crippen LogP contribution in [0.2, 0.25) is 0 Å². The highest BCUT2D eigenvalue weighted by atomic mass is 13.9. The maximum Gasteiger partial charge on any atom is -0.0206 e. The van der Waals surface area contributed by atoms with Gasteiger partial charge in [0.15, 0.2) is 0 Å². The van der Waals surface area contributed by atoms with Crippen molar-refractivity contribution in [1.82, 2.24) is 0 Å². The zero-order chi connectivity index (χ0) is 8.81. The van der Waals surface area contributed by atoms with Crippen molar-refractivity contribution in [1.29, 1.82) is 0 Å². The largest absolute Gasteiger partial charge is 0.129 e. The zero-order valence-corrected chi connectivity index (χ0v) is 7.25. The van der Waals surface area contributed by atoms with Crippen LogP contribution >= 0.6 is 0 Å². The van der Waals surface area contributed by atoms with Crippen LogP contribution in [0.3, 0.4) is 0 Å². The summed E-state index contributed by atoms with van der Waals surface area (Å²) >= 11 is 0. The van der Waals surface area contributed by atoms with Crippen LogP contribution in [0.1, 0.15) is 11.1 Å². The second-order valence-electron chi connectivity index (χ2n) is 2.59. The van der Waals surface area contributed by atoms with E-state index in [1.54, 1.807) is 6.08 Å². The quantitative estimate of drug-likeness (QED) is 0.455. The molecule has 0 heteroatoms. The van der Waals surface area contributed by atoms with Crippen LogP contribution in [-0.2, 0) is 0 Å². The first kappa shape index (κ1) is 8.58. The monoisotopic (exact) mass is 156 g/mol. The molecule has 0 atom stereocenters. The van der Waals surface area contributed by atoms with Crippen molar-refractivity contribution in [3.05, 3.63) is 59.9 Å². The standard InChI is InChI=1S/C12H12/c1-3-4-5-9-12-10-7-6-8-11(12)2/h4-10H,1H2,2H3/b9-5-. The number of benzene rings is 1. The van der Waals surface area contributed by atoms with Gasteiger partial charge in [-0.15, -0.1) is 5.73 Å². The summed E-state index contributed by atoms with van der Waals surface area (Å²) in [6.07, 6.45) is 5.79. The summed E-state index contributed by atoms with van der Waals surface area (Å²) in [7, 11) is 0. The molecule has 0 radical (unpaired) electrons. The summed E-state index contributed by atoms with van der Waals surface area (Å²) in [4.78, 5) is 0. The van der Waals surface area contributed by atoms with Gasteiger partial charge in [-0.25, -0.2) is 0 Å². The van der Waals surface area contributed by atoms with E-state index in [0.29, 0.717) is 0 Å². The third-order valence-electron chi connectivity index (χ3n) is 1.68. The topological polar surface area (TPSA) is 0 Å². The number of hydrogen-bond donors (Lipinski definition) is 0. The average molecular weight is 156 g/mol. The molecule has 0 saturated carbocycles. The summed E-state index contributed by atoms with van der Waals surface area (Å²) in [6, 6.07) is 8.25. The molecule has 0 spiro atoms. The SMILES string of the molecule is C=C=C/C=C\c1ccccc1C. The van der Waals surface area contributed by atoms with Crippen molar-refractivity contribution in [2.75, 3.05) is 0 Å². The van der Waals surface area contributed by atoms with E-state index in [1.165, 1.54) is 11.1 Å². The Morgan fingerprint density at radius 3 is 2.75 bits per heavy atom. The molecule has 1 aromatic rings. The van der Waals surface area contributed by atoms with Gasteiger partial charge in [-0.1, -0.05) is 43.0 Å². The summed E-state index contributed by atoms with van der Waals surface area (Å²) in [6.45, 7) is 5.58. The van der Waals surface area contributed by atoms with E-state index >= 15 is 0 Å². The lowest BCUT2D eigenvalue weighted by atomic mass is 10.1. The van der Waals surface area contributed by atoms with Crippen molar-refractivity contribution >= 4 is 6.08 Å². The number of rotatable bonds is 2. The third kappa shape index (κ3) is 2.26. The summed E-state index contributed by atoms with van der Waals surface area (Å²) in [5.41, 5.74) is 5.22. The maximum atomic E-state index is 3.48. The molecular formula is C12H12. The van der Waals surface area contributed by atoms with Gasteiger partial charge in [-0.3, -0.25) is 0 Å². The molecule has 1 aromatic carbocycles. The molecule has 1 rings (SSSR count). The molecule has 0 aromatic heterocycles. The Balaban J connectivity index is 2.89. The molecule has 0 amide bonds. The first-order valence-corrected chi connectivity index (χ1v) is 3.92. The molecule has 60 valence electrons. The number of hydrogen-bond acceptors (Lipinski definition) is 0. The second-order valence-corrected chi connectivity index (χ2v) is 2.59. The maximum absolute atomic E-state index is 3.48. The molecule has 0 unspecified atom stereocenters. The third-order valence-corrected chi connectivity index (χ3v) is 1.68. The van der Waals surface area contributed by atoms with E-state index in [0.717, 1.165) is 0 Å². The molecule has 0 heterocycles. The summed E-state index contributed by atoms with van der Waals surface area (Å²) in [5.74, 6) is 0. The second kappa shape index (κ2) is 4.38. The Bertz CT molecular complexity index is 326. The van der Waals surface area contributed by atoms with Crippen molar-refractivity contribution in [2.24, 2.45) is 0 Å². The minimum Gasteiger partial charge on any atom is -0.129 e. The van der Waals surface area contributed by atoms with Gasteiger partial charge >= 0.3 is 0 Å². The average Bonchev–Trinajstić information content (AvgIpc) is 2.09. The minimum atomic E-state index is 1.24. The van der Waals surface area contributed by atoms with Crippen molar-refractivity contribution < 1.29 is 0 Å². The smallest absolute Gasteiger partial charge is 0.0206 e. The first-order chi connectivity index (χ1) is 5.84. The van der Waals surface area contributed by atoms with Crippen LogP contribution in [0.25, 0.3) is 6.08 Å². The highest BCUT2D eigenvalue weighted by Gasteiger charge is 1.88. The van der Waals surface area contributed by atoms with Gasteiger partial charge in [0.2, 0.25) is 0 Å². The lowest BCUT2D eigenvalue weighted by Crippen LogP contribution is -1.76. The van der Waals surface area contributed by atoms with Gasteiger partial charge < -0.3 is 0 Å². The molecule has 0 nitrogen and oxygen atoms in total. The Kier molecular flexibility index (Phi) is 3.13. The number of allylic oxidation sites excluding steroid dienone is 2. The Labute approximate surface area is 73.6 Å². The van der Waals surface area contributed by atoms with Crippen LogP contribution < -0.4 is 0 Å². The molecule has 0 aliphatic rings. The van der Waals surface area contributed by atoms with Gasteiger partial charge in [0.1, 0.15) is 0 Å². The highest BCUT2D eigenvalue weighted by Crippen LogP contribution is 2.08. The fraction of sp³-hybridized carbons (Fsp3) is 0.0833. The molecule has 0 N–H and O–H groups in total. The molecule has 0 bridgehead atoms. The van der Waals surface area contributed by atoms with E-state index in [9.17, 15) is 0 Å². The lowest BCUT2D eigenvalue weighted by Gasteiger charge is -1.96. The summed E-state index contributed by atoms with van der Waals surface area (Å²) in [5, 5.41) is 0. The Morgan fingerprint density at radius 2 is 2.08 bits per heavy atom. The Morgan fingerprint density at radius 1 is 1.33 bits per heavy atom. The van der Waals surface area contributed by atoms with E-state index < -0.39 is 0 Å². The highest BCUT2D eigenvalue weighted by molar-refractivity contribution is 5.54. The van der Waals surface area contributed by atoms with Gasteiger partial charge in [-0.05, 0) is 24.1 Å². The molecule has 12 heavy (non-hydrogen) atoms. The zero-order valence-electron chi connectivity index (χ0n) is 7.25. The predicted octanol–water partition coefficient (Wildman–Crippen LogP) is 3.35. The molecular weight excluding hydrogens is 144 g/mol. The van der Waals surface area contributed by atoms with Crippen LogP contribution in [0.5, 0.6) is 0 Å². The van der Waals surface area contributed by atoms with E-state index in [-0.39, 0.29) is 0 Å². The molecule has 0 fully saturated rings. The molecule has 0 aliphatic heterocycles. The number of aryl methyl sites for hydroxylation is 1. The van der Waals surface area contributed by atoms with Crippen molar-refractivity contribution in [3.8, 4) is 0 Å². The minimum absolute atomic E-state index is 1.24. The van der Waals surface area contributed by atoms with E-state index in [1.807, 2.05) is 24.3 Å². The van der Waals surface area contributed by atoms with Gasteiger partial charge in [0.25, 0.3) is 0 Å². The van der Waals surface area contributed by atoms with Gasteiger partial charge in [0.05, 0.1) is 0 Å². The van der Waals surface area contributed by atoms with Crippen LogP contribution in [-0.4, -0.2) is 0 Å². The van der Waals surface area contributed by atoms with Crippen molar-refractivity contribution in [2.45, 2.75) is 6.92 Å². The first-order valence-electron chi connectivity index (χ1n) is 3.92. The predicted molar refractivity (Wildman–Crippen MR) is 53.9 cm³/mol. The lowest BCUT2D eigenvalue weighted by molar-refractivity contribution is 1.44. The normalized spacial score (nSPS) is 9.75. The molecule has 0 aliphatic carbocycles. The van der Waals surface area contributed by atoms with E-state index in [2.05, 4.69) is 31.4 Å².